The fraction of sp³-hybridized carbons (Fsp3) is 0.250. The molecule has 4 nitrogen and oxygen atoms in total. The summed E-state index contributed by atoms with van der Waals surface area (Å²) in [5, 5.41) is 9.07. The number of carbonyl (C=O) groups is 2. The number of rotatable bonds is 4. The molecule has 2 aromatic rings. The largest absolute Gasteiger partial charge is 0.478 e. The first kappa shape index (κ1) is 15.3. The fourth-order valence-electron chi connectivity index (χ4n) is 2.13. The summed E-state index contributed by atoms with van der Waals surface area (Å²) in [6.07, 6.45) is 0. The highest BCUT2D eigenvalue weighted by atomic mass is 32.1. The van der Waals surface area contributed by atoms with Gasteiger partial charge in [0.1, 0.15) is 0 Å². The summed E-state index contributed by atoms with van der Waals surface area (Å²) in [7, 11) is 1.72. The monoisotopic (exact) mass is 303 g/mol. The maximum atomic E-state index is 12.4. The van der Waals surface area contributed by atoms with E-state index in [0.29, 0.717) is 12.1 Å². The Morgan fingerprint density at radius 2 is 1.81 bits per heavy atom. The molecule has 21 heavy (non-hydrogen) atoms. The van der Waals surface area contributed by atoms with E-state index in [9.17, 15) is 9.59 Å². The summed E-state index contributed by atoms with van der Waals surface area (Å²) in [5.41, 5.74) is 1.31. The van der Waals surface area contributed by atoms with Crippen LogP contribution in [0.4, 0.5) is 0 Å². The summed E-state index contributed by atoms with van der Waals surface area (Å²) >= 11 is 1.65. The number of carboxylic acid groups (broad SMARTS) is 1. The van der Waals surface area contributed by atoms with Crippen LogP contribution in [0.15, 0.2) is 30.3 Å². The highest BCUT2D eigenvalue weighted by Gasteiger charge is 2.15. The molecule has 0 bridgehead atoms. The van der Waals surface area contributed by atoms with Crippen molar-refractivity contribution < 1.29 is 14.7 Å². The number of hydrogen-bond acceptors (Lipinski definition) is 3. The standard InChI is InChI=1S/C16H17NO3S/c1-10-6-12(8-13(7-10)16(19)20)15(18)17(3)9-14-5-4-11(2)21-14/h4-8H,9H2,1-3H3,(H,19,20). The molecule has 0 saturated carbocycles. The highest BCUT2D eigenvalue weighted by molar-refractivity contribution is 7.11. The molecule has 1 aromatic carbocycles. The van der Waals surface area contributed by atoms with Crippen LogP contribution in [0.5, 0.6) is 0 Å². The van der Waals surface area contributed by atoms with Crippen molar-refractivity contribution in [2.75, 3.05) is 7.05 Å². The van der Waals surface area contributed by atoms with Gasteiger partial charge in [-0.05, 0) is 49.7 Å². The first-order valence-corrected chi connectivity index (χ1v) is 7.34. The van der Waals surface area contributed by atoms with Gasteiger partial charge in [0.15, 0.2) is 0 Å². The van der Waals surface area contributed by atoms with Gasteiger partial charge in [0.05, 0.1) is 12.1 Å². The van der Waals surface area contributed by atoms with E-state index in [1.54, 1.807) is 42.3 Å². The Morgan fingerprint density at radius 1 is 1.14 bits per heavy atom. The molecule has 2 rings (SSSR count). The second-order valence-corrected chi connectivity index (χ2v) is 6.44. The molecular weight excluding hydrogens is 286 g/mol. The lowest BCUT2D eigenvalue weighted by Crippen LogP contribution is -2.26. The van der Waals surface area contributed by atoms with E-state index in [1.165, 1.54) is 10.9 Å². The van der Waals surface area contributed by atoms with Crippen molar-refractivity contribution in [3.63, 3.8) is 0 Å². The number of aryl methyl sites for hydroxylation is 2. The lowest BCUT2D eigenvalue weighted by atomic mass is 10.1. The van der Waals surface area contributed by atoms with Crippen molar-refractivity contribution >= 4 is 23.2 Å². The summed E-state index contributed by atoms with van der Waals surface area (Å²) in [6.45, 7) is 4.33. The average molecular weight is 303 g/mol. The molecule has 1 N–H and O–H groups in total. The van der Waals surface area contributed by atoms with Crippen LogP contribution in [-0.4, -0.2) is 28.9 Å². The molecular formula is C16H17NO3S. The number of nitrogens with zero attached hydrogens (tertiary/aromatic N) is 1. The van der Waals surface area contributed by atoms with Crippen molar-refractivity contribution in [1.29, 1.82) is 0 Å². The van der Waals surface area contributed by atoms with Gasteiger partial charge in [0, 0.05) is 22.4 Å². The number of hydrogen-bond donors (Lipinski definition) is 1. The Morgan fingerprint density at radius 3 is 2.38 bits per heavy atom. The minimum atomic E-state index is -1.02. The molecule has 1 heterocycles. The second-order valence-electron chi connectivity index (χ2n) is 5.07. The van der Waals surface area contributed by atoms with Crippen molar-refractivity contribution in [3.05, 3.63) is 56.8 Å². The summed E-state index contributed by atoms with van der Waals surface area (Å²) in [5.74, 6) is -1.20. The van der Waals surface area contributed by atoms with E-state index in [2.05, 4.69) is 0 Å². The van der Waals surface area contributed by atoms with Crippen molar-refractivity contribution in [2.24, 2.45) is 0 Å². The van der Waals surface area contributed by atoms with E-state index < -0.39 is 5.97 Å². The Balaban J connectivity index is 2.20. The van der Waals surface area contributed by atoms with E-state index in [0.717, 1.165) is 10.4 Å². The Bertz CT molecular complexity index is 691. The lowest BCUT2D eigenvalue weighted by molar-refractivity contribution is 0.0696. The maximum Gasteiger partial charge on any atom is 0.335 e. The van der Waals surface area contributed by atoms with Crippen LogP contribution in [0.1, 0.15) is 36.0 Å². The molecule has 0 aliphatic rings. The molecule has 0 unspecified atom stereocenters. The van der Waals surface area contributed by atoms with Gasteiger partial charge in [-0.2, -0.15) is 0 Å². The predicted octanol–water partition coefficient (Wildman–Crippen LogP) is 3.34. The molecule has 0 aliphatic heterocycles. The van der Waals surface area contributed by atoms with Crippen LogP contribution in [0, 0.1) is 13.8 Å². The fourth-order valence-corrected chi connectivity index (χ4v) is 3.07. The van der Waals surface area contributed by atoms with E-state index in [1.807, 2.05) is 19.1 Å². The zero-order valence-electron chi connectivity index (χ0n) is 12.2. The van der Waals surface area contributed by atoms with Gasteiger partial charge < -0.3 is 10.0 Å². The van der Waals surface area contributed by atoms with Gasteiger partial charge in [0.2, 0.25) is 0 Å². The molecule has 110 valence electrons. The summed E-state index contributed by atoms with van der Waals surface area (Å²) in [6, 6.07) is 8.72. The van der Waals surface area contributed by atoms with Crippen molar-refractivity contribution in [2.45, 2.75) is 20.4 Å². The number of thiophene rings is 1. The molecule has 1 amide bonds. The minimum Gasteiger partial charge on any atom is -0.478 e. The zero-order chi connectivity index (χ0) is 15.6. The van der Waals surface area contributed by atoms with E-state index in [4.69, 9.17) is 5.11 Å². The summed E-state index contributed by atoms with van der Waals surface area (Å²) < 4.78 is 0. The van der Waals surface area contributed by atoms with Crippen LogP contribution in [0.3, 0.4) is 0 Å². The van der Waals surface area contributed by atoms with Crippen LogP contribution >= 0.6 is 11.3 Å². The zero-order valence-corrected chi connectivity index (χ0v) is 13.0. The Labute approximate surface area is 127 Å². The third-order valence-electron chi connectivity index (χ3n) is 3.11. The molecule has 0 fully saturated rings. The van der Waals surface area contributed by atoms with Gasteiger partial charge in [-0.3, -0.25) is 4.79 Å². The third kappa shape index (κ3) is 3.70. The molecule has 0 radical (unpaired) electrons. The lowest BCUT2D eigenvalue weighted by Gasteiger charge is -2.17. The molecule has 0 spiro atoms. The van der Waals surface area contributed by atoms with Crippen molar-refractivity contribution in [3.8, 4) is 0 Å². The van der Waals surface area contributed by atoms with E-state index in [-0.39, 0.29) is 11.5 Å². The van der Waals surface area contributed by atoms with Crippen LogP contribution < -0.4 is 0 Å². The Hall–Kier alpha value is -2.14. The number of aromatic carboxylic acids is 1. The van der Waals surface area contributed by atoms with Crippen molar-refractivity contribution in [1.82, 2.24) is 4.90 Å². The highest BCUT2D eigenvalue weighted by Crippen LogP contribution is 2.18. The van der Waals surface area contributed by atoms with Gasteiger partial charge >= 0.3 is 5.97 Å². The van der Waals surface area contributed by atoms with Crippen LogP contribution in [0.2, 0.25) is 0 Å². The van der Waals surface area contributed by atoms with Crippen LogP contribution in [0.25, 0.3) is 0 Å². The normalized spacial score (nSPS) is 10.4. The molecule has 0 aliphatic carbocycles. The number of carbonyl (C=O) groups excluding carboxylic acids is 1. The first-order valence-electron chi connectivity index (χ1n) is 6.52. The first-order chi connectivity index (χ1) is 9.86. The quantitative estimate of drug-likeness (QED) is 0.942. The van der Waals surface area contributed by atoms with Gasteiger partial charge in [-0.15, -0.1) is 11.3 Å². The Kier molecular flexibility index (Phi) is 4.43. The number of carboxylic acids is 1. The average Bonchev–Trinajstić information content (AvgIpc) is 2.82. The SMILES string of the molecule is Cc1cc(C(=O)O)cc(C(=O)N(C)Cc2ccc(C)s2)c1. The number of benzene rings is 1. The molecule has 0 saturated heterocycles. The minimum absolute atomic E-state index is 0.138. The predicted molar refractivity (Wildman–Crippen MR) is 83.0 cm³/mol. The third-order valence-corrected chi connectivity index (χ3v) is 4.09. The number of amides is 1. The van der Waals surface area contributed by atoms with Crippen LogP contribution in [-0.2, 0) is 6.54 Å². The topological polar surface area (TPSA) is 57.6 Å². The molecule has 0 atom stereocenters. The smallest absolute Gasteiger partial charge is 0.335 e. The van der Waals surface area contributed by atoms with E-state index >= 15 is 0 Å². The maximum absolute atomic E-state index is 12.4. The summed E-state index contributed by atoms with van der Waals surface area (Å²) in [4.78, 5) is 27.4. The van der Waals surface area contributed by atoms with Gasteiger partial charge in [-0.1, -0.05) is 0 Å². The molecule has 5 heteroatoms. The molecule has 1 aromatic heterocycles. The van der Waals surface area contributed by atoms with Gasteiger partial charge in [0.25, 0.3) is 5.91 Å². The second kappa shape index (κ2) is 6.10. The van der Waals surface area contributed by atoms with Gasteiger partial charge in [-0.25, -0.2) is 4.79 Å².